The molecule has 1 heterocycles. The summed E-state index contributed by atoms with van der Waals surface area (Å²) < 4.78 is 12.8. The number of ether oxygens (including phenoxy) is 2. The van der Waals surface area contributed by atoms with E-state index in [1.54, 1.807) is 12.1 Å². The summed E-state index contributed by atoms with van der Waals surface area (Å²) in [6.45, 7) is 2.28. The van der Waals surface area contributed by atoms with Crippen molar-refractivity contribution in [3.8, 4) is 11.5 Å². The number of hydrogen-bond donors (Lipinski definition) is 0. The van der Waals surface area contributed by atoms with E-state index >= 15 is 0 Å². The lowest BCUT2D eigenvalue weighted by Gasteiger charge is -2.11. The molecule has 140 valence electrons. The summed E-state index contributed by atoms with van der Waals surface area (Å²) in [6.07, 6.45) is 1.75. The molecule has 1 aliphatic rings. The van der Waals surface area contributed by atoms with Gasteiger partial charge < -0.3 is 9.47 Å². The van der Waals surface area contributed by atoms with Crippen LogP contribution in [0.15, 0.2) is 70.9 Å². The smallest absolute Gasteiger partial charge is 0.231 e. The zero-order valence-electron chi connectivity index (χ0n) is 15.0. The summed E-state index contributed by atoms with van der Waals surface area (Å²) in [6, 6.07) is 18.8. The zero-order chi connectivity index (χ0) is 19.7. The minimum Gasteiger partial charge on any atom is -0.488 e. The van der Waals surface area contributed by atoms with Crippen molar-refractivity contribution in [2.75, 3.05) is 0 Å². The molecule has 3 aromatic carbocycles. The highest BCUT2D eigenvalue weighted by atomic mass is 79.9. The Bertz CT molecular complexity index is 1090. The number of carbonyl (C=O) groups is 1. The second-order valence-electron chi connectivity index (χ2n) is 6.48. The van der Waals surface area contributed by atoms with Crippen LogP contribution in [-0.4, -0.2) is 5.78 Å². The molecule has 4 rings (SSSR count). The second kappa shape index (κ2) is 7.82. The van der Waals surface area contributed by atoms with Gasteiger partial charge in [0.15, 0.2) is 5.76 Å². The molecule has 0 amide bonds. The number of benzene rings is 3. The minimum absolute atomic E-state index is 0.123. The predicted molar refractivity (Wildman–Crippen MR) is 114 cm³/mol. The average Bonchev–Trinajstić information content (AvgIpc) is 3.00. The summed E-state index contributed by atoms with van der Waals surface area (Å²) in [5, 5.41) is 0.670. The Morgan fingerprint density at radius 3 is 2.64 bits per heavy atom. The molecular formula is C23H16BrClO3. The third kappa shape index (κ3) is 3.84. The van der Waals surface area contributed by atoms with Gasteiger partial charge in [-0.15, -0.1) is 0 Å². The summed E-state index contributed by atoms with van der Waals surface area (Å²) in [5.74, 6) is 1.42. The molecule has 0 spiro atoms. The Morgan fingerprint density at radius 2 is 1.89 bits per heavy atom. The number of Topliss-reactive ketones (excluding diaryl/α,β-unsaturated/α-hetero) is 1. The molecule has 0 radical (unpaired) electrons. The van der Waals surface area contributed by atoms with Gasteiger partial charge in [0.2, 0.25) is 5.78 Å². The molecule has 0 atom stereocenters. The van der Waals surface area contributed by atoms with Gasteiger partial charge in [0.1, 0.15) is 18.1 Å². The van der Waals surface area contributed by atoms with E-state index in [1.165, 1.54) is 0 Å². The topological polar surface area (TPSA) is 35.5 Å². The second-order valence-corrected chi connectivity index (χ2v) is 7.83. The molecule has 0 aliphatic carbocycles. The van der Waals surface area contributed by atoms with E-state index in [9.17, 15) is 4.79 Å². The Balaban J connectivity index is 1.57. The van der Waals surface area contributed by atoms with E-state index in [2.05, 4.69) is 15.9 Å². The Morgan fingerprint density at radius 1 is 1.11 bits per heavy atom. The normalized spacial score (nSPS) is 14.1. The summed E-state index contributed by atoms with van der Waals surface area (Å²) in [5.41, 5.74) is 3.22. The molecule has 0 bridgehead atoms. The van der Waals surface area contributed by atoms with Crippen LogP contribution in [0, 0.1) is 6.92 Å². The van der Waals surface area contributed by atoms with Gasteiger partial charge in [-0.05, 0) is 60.5 Å². The van der Waals surface area contributed by atoms with Crippen molar-refractivity contribution in [3.63, 3.8) is 0 Å². The quantitative estimate of drug-likeness (QED) is 0.415. The van der Waals surface area contributed by atoms with Gasteiger partial charge in [-0.2, -0.15) is 0 Å². The molecule has 3 aromatic rings. The molecule has 0 saturated carbocycles. The first-order valence-corrected chi connectivity index (χ1v) is 9.89. The highest BCUT2D eigenvalue weighted by Gasteiger charge is 2.30. The minimum atomic E-state index is -0.123. The maximum Gasteiger partial charge on any atom is 0.231 e. The van der Waals surface area contributed by atoms with Crippen molar-refractivity contribution in [3.05, 3.63) is 98.2 Å². The van der Waals surface area contributed by atoms with Crippen LogP contribution in [0.1, 0.15) is 27.0 Å². The highest BCUT2D eigenvalue weighted by molar-refractivity contribution is 9.10. The Kier molecular flexibility index (Phi) is 5.25. The molecular weight excluding hydrogens is 440 g/mol. The number of fused-ring (bicyclic) bond motifs is 1. The van der Waals surface area contributed by atoms with Crippen molar-refractivity contribution >= 4 is 39.4 Å². The Labute approximate surface area is 176 Å². The maximum atomic E-state index is 12.7. The first kappa shape index (κ1) is 18.8. The van der Waals surface area contributed by atoms with Gasteiger partial charge in [0, 0.05) is 15.1 Å². The fraction of sp³-hybridized carbons (Fsp3) is 0.0870. The molecule has 1 aliphatic heterocycles. The zero-order valence-corrected chi connectivity index (χ0v) is 17.4. The van der Waals surface area contributed by atoms with Gasteiger partial charge in [0.05, 0.1) is 5.56 Å². The standard InChI is InChI=1S/C23H16BrClO3/c1-14-20(27-13-16-3-2-4-18(25)11-16)10-9-19-22(26)21(28-23(14)19)12-15-5-7-17(24)8-6-15/h2-12H,13H2,1H3/b21-12-. The molecule has 0 N–H and O–H groups in total. The van der Waals surface area contributed by atoms with Crippen molar-refractivity contribution in [1.82, 2.24) is 0 Å². The van der Waals surface area contributed by atoms with Crippen LogP contribution in [0.3, 0.4) is 0 Å². The van der Waals surface area contributed by atoms with Crippen LogP contribution in [0.2, 0.25) is 5.02 Å². The van der Waals surface area contributed by atoms with Gasteiger partial charge in [-0.1, -0.05) is 51.8 Å². The van der Waals surface area contributed by atoms with Gasteiger partial charge in [-0.25, -0.2) is 0 Å². The SMILES string of the molecule is Cc1c(OCc2cccc(Cl)c2)ccc2c1O/C(=C\c1ccc(Br)cc1)C2=O. The van der Waals surface area contributed by atoms with E-state index in [-0.39, 0.29) is 5.78 Å². The maximum absolute atomic E-state index is 12.7. The van der Waals surface area contributed by atoms with Crippen LogP contribution >= 0.6 is 27.5 Å². The lowest BCUT2D eigenvalue weighted by Crippen LogP contribution is -1.98. The van der Waals surface area contributed by atoms with Crippen LogP contribution in [0.5, 0.6) is 11.5 Å². The molecule has 0 unspecified atom stereocenters. The molecule has 0 saturated heterocycles. The first-order chi connectivity index (χ1) is 13.5. The van der Waals surface area contributed by atoms with Gasteiger partial charge >= 0.3 is 0 Å². The monoisotopic (exact) mass is 454 g/mol. The summed E-state index contributed by atoms with van der Waals surface area (Å²) in [4.78, 5) is 12.7. The van der Waals surface area contributed by atoms with Crippen molar-refractivity contribution in [2.24, 2.45) is 0 Å². The average molecular weight is 456 g/mol. The fourth-order valence-electron chi connectivity index (χ4n) is 3.02. The van der Waals surface area contributed by atoms with E-state index in [0.29, 0.717) is 34.5 Å². The number of allylic oxidation sites excluding steroid dienone is 1. The third-order valence-corrected chi connectivity index (χ3v) is 5.25. The Hall–Kier alpha value is -2.56. The number of halogens is 2. The van der Waals surface area contributed by atoms with E-state index < -0.39 is 0 Å². The lowest BCUT2D eigenvalue weighted by atomic mass is 10.1. The number of hydrogen-bond acceptors (Lipinski definition) is 3. The summed E-state index contributed by atoms with van der Waals surface area (Å²) >= 11 is 9.43. The number of rotatable bonds is 4. The molecule has 0 aromatic heterocycles. The summed E-state index contributed by atoms with van der Waals surface area (Å²) in [7, 11) is 0. The molecule has 5 heteroatoms. The van der Waals surface area contributed by atoms with Crippen LogP contribution < -0.4 is 9.47 Å². The van der Waals surface area contributed by atoms with Gasteiger partial charge in [-0.3, -0.25) is 4.79 Å². The van der Waals surface area contributed by atoms with Crippen LogP contribution in [-0.2, 0) is 6.61 Å². The molecule has 28 heavy (non-hydrogen) atoms. The van der Waals surface area contributed by atoms with E-state index in [0.717, 1.165) is 21.2 Å². The van der Waals surface area contributed by atoms with Gasteiger partial charge in [0.25, 0.3) is 0 Å². The molecule has 3 nitrogen and oxygen atoms in total. The van der Waals surface area contributed by atoms with Crippen LogP contribution in [0.25, 0.3) is 6.08 Å². The first-order valence-electron chi connectivity index (χ1n) is 8.72. The number of ketones is 1. The fourth-order valence-corrected chi connectivity index (χ4v) is 3.50. The highest BCUT2D eigenvalue weighted by Crippen LogP contribution is 2.39. The van der Waals surface area contributed by atoms with E-state index in [1.807, 2.05) is 61.5 Å². The largest absolute Gasteiger partial charge is 0.488 e. The van der Waals surface area contributed by atoms with Crippen LogP contribution in [0.4, 0.5) is 0 Å². The van der Waals surface area contributed by atoms with E-state index in [4.69, 9.17) is 21.1 Å². The van der Waals surface area contributed by atoms with Crippen molar-refractivity contribution < 1.29 is 14.3 Å². The lowest BCUT2D eigenvalue weighted by molar-refractivity contribution is 0.101. The third-order valence-electron chi connectivity index (χ3n) is 4.49. The number of carbonyl (C=O) groups excluding carboxylic acids is 1. The predicted octanol–water partition coefficient (Wildman–Crippen LogP) is 6.61. The molecule has 0 fully saturated rings. The van der Waals surface area contributed by atoms with Crippen molar-refractivity contribution in [2.45, 2.75) is 13.5 Å². The van der Waals surface area contributed by atoms with Crippen molar-refractivity contribution in [1.29, 1.82) is 0 Å².